The molecule has 0 bridgehead atoms. The largest absolute Gasteiger partial charge is 0.376 e. The Bertz CT molecular complexity index is 353. The van der Waals surface area contributed by atoms with Crippen LogP contribution in [-0.4, -0.2) is 60.3 Å². The standard InChI is InChI=1S/C21H42N2O/c1-20(2,3)23-14-9-19(10-15-23)17-22-12-7-18(8-13-22)11-16-24-21(4,5)6/h18-19H,7-17H2,1-6H3. The summed E-state index contributed by atoms with van der Waals surface area (Å²) in [5, 5.41) is 0. The maximum Gasteiger partial charge on any atom is 0.0598 e. The quantitative estimate of drug-likeness (QED) is 0.738. The molecule has 0 radical (unpaired) electrons. The summed E-state index contributed by atoms with van der Waals surface area (Å²) in [7, 11) is 0. The minimum Gasteiger partial charge on any atom is -0.376 e. The van der Waals surface area contributed by atoms with Gasteiger partial charge in [-0.2, -0.15) is 0 Å². The molecule has 2 heterocycles. The van der Waals surface area contributed by atoms with E-state index in [0.717, 1.165) is 18.4 Å². The second-order valence-corrected chi connectivity index (χ2v) is 10.1. The maximum atomic E-state index is 5.90. The fourth-order valence-corrected chi connectivity index (χ4v) is 4.14. The first-order chi connectivity index (χ1) is 11.1. The highest BCUT2D eigenvalue weighted by atomic mass is 16.5. The van der Waals surface area contributed by atoms with Crippen LogP contribution in [0.4, 0.5) is 0 Å². The van der Waals surface area contributed by atoms with Crippen LogP contribution in [0.2, 0.25) is 0 Å². The Morgan fingerprint density at radius 3 is 1.83 bits per heavy atom. The third-order valence-electron chi connectivity index (χ3n) is 5.85. The van der Waals surface area contributed by atoms with E-state index in [1.165, 1.54) is 64.8 Å². The molecule has 2 saturated heterocycles. The molecule has 0 saturated carbocycles. The lowest BCUT2D eigenvalue weighted by molar-refractivity contribution is -0.0132. The van der Waals surface area contributed by atoms with Gasteiger partial charge in [0.2, 0.25) is 0 Å². The number of nitrogens with zero attached hydrogens (tertiary/aromatic N) is 2. The fourth-order valence-electron chi connectivity index (χ4n) is 4.14. The monoisotopic (exact) mass is 338 g/mol. The van der Waals surface area contributed by atoms with E-state index >= 15 is 0 Å². The summed E-state index contributed by atoms with van der Waals surface area (Å²) >= 11 is 0. The van der Waals surface area contributed by atoms with Crippen molar-refractivity contribution in [2.75, 3.05) is 39.3 Å². The van der Waals surface area contributed by atoms with E-state index in [2.05, 4.69) is 51.3 Å². The van der Waals surface area contributed by atoms with Crippen LogP contribution in [-0.2, 0) is 4.74 Å². The van der Waals surface area contributed by atoms with Gasteiger partial charge in [0.05, 0.1) is 5.60 Å². The normalized spacial score (nSPS) is 23.8. The van der Waals surface area contributed by atoms with Crippen LogP contribution < -0.4 is 0 Å². The summed E-state index contributed by atoms with van der Waals surface area (Å²) < 4.78 is 5.90. The number of hydrogen-bond donors (Lipinski definition) is 0. The Morgan fingerprint density at radius 2 is 1.33 bits per heavy atom. The average Bonchev–Trinajstić information content (AvgIpc) is 2.47. The summed E-state index contributed by atoms with van der Waals surface area (Å²) in [5.74, 6) is 1.80. The Balaban J connectivity index is 1.60. The molecule has 0 aromatic heterocycles. The smallest absolute Gasteiger partial charge is 0.0598 e. The average molecular weight is 339 g/mol. The summed E-state index contributed by atoms with van der Waals surface area (Å²) in [5.41, 5.74) is 0.362. The van der Waals surface area contributed by atoms with Gasteiger partial charge in [0.15, 0.2) is 0 Å². The molecule has 2 fully saturated rings. The summed E-state index contributed by atoms with van der Waals surface area (Å²) in [6.07, 6.45) is 6.75. The number of ether oxygens (including phenoxy) is 1. The number of hydrogen-bond acceptors (Lipinski definition) is 3. The van der Waals surface area contributed by atoms with Crippen molar-refractivity contribution in [3.63, 3.8) is 0 Å². The molecule has 3 nitrogen and oxygen atoms in total. The first-order valence-corrected chi connectivity index (χ1v) is 10.2. The van der Waals surface area contributed by atoms with E-state index in [0.29, 0.717) is 5.54 Å². The lowest BCUT2D eigenvalue weighted by Gasteiger charge is -2.42. The Labute approximate surface area is 151 Å². The van der Waals surface area contributed by atoms with Crippen LogP contribution >= 0.6 is 0 Å². The molecule has 0 aromatic rings. The van der Waals surface area contributed by atoms with Crippen molar-refractivity contribution in [1.29, 1.82) is 0 Å². The highest BCUT2D eigenvalue weighted by Crippen LogP contribution is 2.27. The maximum absolute atomic E-state index is 5.90. The third-order valence-corrected chi connectivity index (χ3v) is 5.85. The first kappa shape index (κ1) is 20.2. The van der Waals surface area contributed by atoms with E-state index in [-0.39, 0.29) is 5.60 Å². The molecule has 0 aromatic carbocycles. The van der Waals surface area contributed by atoms with Gasteiger partial charge < -0.3 is 9.64 Å². The predicted octanol–water partition coefficient (Wildman–Crippen LogP) is 4.41. The van der Waals surface area contributed by atoms with Gasteiger partial charge in [0.25, 0.3) is 0 Å². The molecule has 0 aliphatic carbocycles. The van der Waals surface area contributed by atoms with E-state index < -0.39 is 0 Å². The van der Waals surface area contributed by atoms with Crippen LogP contribution in [0.15, 0.2) is 0 Å². The molecule has 0 amide bonds. The number of likely N-dealkylation sites (tertiary alicyclic amines) is 2. The van der Waals surface area contributed by atoms with E-state index in [1.54, 1.807) is 0 Å². The second-order valence-electron chi connectivity index (χ2n) is 10.1. The van der Waals surface area contributed by atoms with Crippen LogP contribution in [0.3, 0.4) is 0 Å². The highest BCUT2D eigenvalue weighted by Gasteiger charge is 2.28. The predicted molar refractivity (Wildman–Crippen MR) is 104 cm³/mol. The second kappa shape index (κ2) is 8.51. The SMILES string of the molecule is CC(C)(C)OCCC1CCN(CC2CCN(C(C)(C)C)CC2)CC1. The molecule has 0 atom stereocenters. The third kappa shape index (κ3) is 7.01. The molecule has 2 aliphatic heterocycles. The van der Waals surface area contributed by atoms with Crippen molar-refractivity contribution in [2.24, 2.45) is 11.8 Å². The number of piperidine rings is 2. The van der Waals surface area contributed by atoms with Crippen LogP contribution in [0.1, 0.15) is 73.6 Å². The molecule has 2 aliphatic rings. The summed E-state index contributed by atoms with van der Waals surface area (Å²) in [6, 6.07) is 0. The van der Waals surface area contributed by atoms with Gasteiger partial charge in [-0.15, -0.1) is 0 Å². The van der Waals surface area contributed by atoms with Crippen molar-refractivity contribution in [1.82, 2.24) is 9.80 Å². The van der Waals surface area contributed by atoms with Gasteiger partial charge in [0.1, 0.15) is 0 Å². The molecule has 3 heteroatoms. The molecular weight excluding hydrogens is 296 g/mol. The Kier molecular flexibility index (Phi) is 7.16. The summed E-state index contributed by atoms with van der Waals surface area (Å²) in [4.78, 5) is 5.39. The minimum absolute atomic E-state index is 0.0165. The first-order valence-electron chi connectivity index (χ1n) is 10.2. The number of rotatable bonds is 5. The fraction of sp³-hybridized carbons (Fsp3) is 1.00. The van der Waals surface area contributed by atoms with Crippen molar-refractivity contribution in [3.05, 3.63) is 0 Å². The highest BCUT2D eigenvalue weighted by molar-refractivity contribution is 4.83. The van der Waals surface area contributed by atoms with Crippen molar-refractivity contribution >= 4 is 0 Å². The van der Waals surface area contributed by atoms with Crippen molar-refractivity contribution in [2.45, 2.75) is 84.8 Å². The Hall–Kier alpha value is -0.120. The van der Waals surface area contributed by atoms with Crippen molar-refractivity contribution in [3.8, 4) is 0 Å². The minimum atomic E-state index is 0.0165. The molecule has 0 N–H and O–H groups in total. The molecular formula is C21H42N2O. The molecule has 0 spiro atoms. The lowest BCUT2D eigenvalue weighted by atomic mass is 9.90. The zero-order chi connectivity index (χ0) is 17.8. The van der Waals surface area contributed by atoms with Crippen LogP contribution in [0.25, 0.3) is 0 Å². The van der Waals surface area contributed by atoms with Gasteiger partial charge >= 0.3 is 0 Å². The van der Waals surface area contributed by atoms with Gasteiger partial charge in [0, 0.05) is 18.7 Å². The van der Waals surface area contributed by atoms with Gasteiger partial charge in [-0.25, -0.2) is 0 Å². The van der Waals surface area contributed by atoms with Crippen LogP contribution in [0.5, 0.6) is 0 Å². The molecule has 24 heavy (non-hydrogen) atoms. The van der Waals surface area contributed by atoms with E-state index in [9.17, 15) is 0 Å². The van der Waals surface area contributed by atoms with E-state index in [1.807, 2.05) is 0 Å². The topological polar surface area (TPSA) is 15.7 Å². The van der Waals surface area contributed by atoms with Crippen LogP contribution in [0, 0.1) is 11.8 Å². The summed E-state index contributed by atoms with van der Waals surface area (Å²) in [6.45, 7) is 21.0. The van der Waals surface area contributed by atoms with E-state index in [4.69, 9.17) is 4.74 Å². The van der Waals surface area contributed by atoms with Crippen molar-refractivity contribution < 1.29 is 4.74 Å². The van der Waals surface area contributed by atoms with Gasteiger partial charge in [-0.05, 0) is 112 Å². The molecule has 2 rings (SSSR count). The van der Waals surface area contributed by atoms with Gasteiger partial charge in [-0.1, -0.05) is 0 Å². The zero-order valence-electron chi connectivity index (χ0n) is 17.2. The molecule has 142 valence electrons. The Morgan fingerprint density at radius 1 is 0.792 bits per heavy atom. The van der Waals surface area contributed by atoms with Gasteiger partial charge in [-0.3, -0.25) is 4.90 Å². The zero-order valence-corrected chi connectivity index (χ0v) is 17.2. The lowest BCUT2D eigenvalue weighted by Crippen LogP contribution is -2.48. The molecule has 0 unspecified atom stereocenters.